The zero-order valence-electron chi connectivity index (χ0n) is 11.2. The fraction of sp³-hybridized carbons (Fsp3) is 0.0667. The van der Waals surface area contributed by atoms with Gasteiger partial charge in [0.15, 0.2) is 0 Å². The molecule has 0 unspecified atom stereocenters. The molecule has 106 valence electrons. The highest BCUT2D eigenvalue weighted by molar-refractivity contribution is 6.35. The Bertz CT molecular complexity index is 797. The largest absolute Gasteiger partial charge is 0.383 e. The average molecular weight is 319 g/mol. The molecule has 0 aliphatic carbocycles. The third-order valence-corrected chi connectivity index (χ3v) is 3.79. The molecule has 0 saturated carbocycles. The number of pyridine rings is 1. The van der Waals surface area contributed by atoms with Gasteiger partial charge >= 0.3 is 0 Å². The van der Waals surface area contributed by atoms with Gasteiger partial charge < -0.3 is 5.73 Å². The lowest BCUT2D eigenvalue weighted by Crippen LogP contribution is -1.98. The first-order valence-corrected chi connectivity index (χ1v) is 7.02. The Morgan fingerprint density at radius 3 is 2.71 bits per heavy atom. The molecule has 1 aromatic carbocycles. The molecule has 0 fully saturated rings. The fourth-order valence-electron chi connectivity index (χ4n) is 2.20. The molecular weight excluding hydrogens is 307 g/mol. The van der Waals surface area contributed by atoms with E-state index < -0.39 is 0 Å². The van der Waals surface area contributed by atoms with Crippen LogP contribution in [0.3, 0.4) is 0 Å². The van der Waals surface area contributed by atoms with Gasteiger partial charge in [0.1, 0.15) is 11.5 Å². The molecule has 2 heterocycles. The van der Waals surface area contributed by atoms with Crippen LogP contribution in [-0.4, -0.2) is 14.8 Å². The van der Waals surface area contributed by atoms with Gasteiger partial charge in [0, 0.05) is 35.6 Å². The lowest BCUT2D eigenvalue weighted by molar-refractivity contribution is 0.782. The maximum absolute atomic E-state index is 6.29. The van der Waals surface area contributed by atoms with Gasteiger partial charge in [-0.3, -0.25) is 9.67 Å². The molecule has 21 heavy (non-hydrogen) atoms. The molecule has 0 aliphatic rings. The molecule has 0 bridgehead atoms. The number of nitrogens with zero attached hydrogens (tertiary/aromatic N) is 3. The number of hydrogen-bond acceptors (Lipinski definition) is 3. The molecule has 0 amide bonds. The number of hydrogen-bond donors (Lipinski definition) is 1. The highest BCUT2D eigenvalue weighted by atomic mass is 35.5. The summed E-state index contributed by atoms with van der Waals surface area (Å²) in [4.78, 5) is 4.13. The van der Waals surface area contributed by atoms with Crippen molar-refractivity contribution in [3.05, 3.63) is 52.8 Å². The molecule has 0 aliphatic heterocycles. The molecule has 0 spiro atoms. The summed E-state index contributed by atoms with van der Waals surface area (Å²) in [5, 5.41) is 5.64. The molecular formula is C15H12Cl2N4. The highest BCUT2D eigenvalue weighted by Crippen LogP contribution is 2.39. The molecule has 0 atom stereocenters. The van der Waals surface area contributed by atoms with E-state index in [1.807, 2.05) is 12.1 Å². The minimum Gasteiger partial charge on any atom is -0.383 e. The summed E-state index contributed by atoms with van der Waals surface area (Å²) < 4.78 is 1.62. The van der Waals surface area contributed by atoms with E-state index in [1.54, 1.807) is 42.3 Å². The molecule has 0 saturated heterocycles. The first kappa shape index (κ1) is 13.9. The summed E-state index contributed by atoms with van der Waals surface area (Å²) in [7, 11) is 1.79. The van der Waals surface area contributed by atoms with Crippen molar-refractivity contribution >= 4 is 29.0 Å². The smallest absolute Gasteiger partial charge is 0.129 e. The third kappa shape index (κ3) is 2.48. The third-order valence-electron chi connectivity index (χ3n) is 3.23. The van der Waals surface area contributed by atoms with Crippen LogP contribution in [0.25, 0.3) is 22.4 Å². The molecule has 2 N–H and O–H groups in total. The maximum Gasteiger partial charge on any atom is 0.129 e. The van der Waals surface area contributed by atoms with E-state index in [0.717, 1.165) is 16.7 Å². The summed E-state index contributed by atoms with van der Waals surface area (Å²) in [6.07, 6.45) is 3.46. The Morgan fingerprint density at radius 1 is 1.19 bits per heavy atom. The molecule has 0 radical (unpaired) electrons. The van der Waals surface area contributed by atoms with Crippen LogP contribution in [0.15, 0.2) is 42.7 Å². The summed E-state index contributed by atoms with van der Waals surface area (Å²) in [6, 6.07) is 9.06. The Kier molecular flexibility index (Phi) is 3.57. The summed E-state index contributed by atoms with van der Waals surface area (Å²) in [5.74, 6) is 0.550. The van der Waals surface area contributed by atoms with Gasteiger partial charge in [-0.05, 0) is 24.3 Å². The van der Waals surface area contributed by atoms with E-state index in [4.69, 9.17) is 28.9 Å². The fourth-order valence-corrected chi connectivity index (χ4v) is 2.58. The zero-order valence-corrected chi connectivity index (χ0v) is 12.7. The number of aryl methyl sites for hydroxylation is 1. The summed E-state index contributed by atoms with van der Waals surface area (Å²) in [6.45, 7) is 0. The minimum atomic E-state index is 0.550. The summed E-state index contributed by atoms with van der Waals surface area (Å²) >= 11 is 12.4. The van der Waals surface area contributed by atoms with Gasteiger partial charge in [0.05, 0.1) is 10.6 Å². The van der Waals surface area contributed by atoms with E-state index in [-0.39, 0.29) is 0 Å². The molecule has 4 nitrogen and oxygen atoms in total. The average Bonchev–Trinajstić information content (AvgIpc) is 2.78. The lowest BCUT2D eigenvalue weighted by atomic mass is 10.0. The Balaban J connectivity index is 2.29. The minimum absolute atomic E-state index is 0.550. The quantitative estimate of drug-likeness (QED) is 0.775. The Morgan fingerprint density at radius 2 is 2.00 bits per heavy atom. The van der Waals surface area contributed by atoms with E-state index in [9.17, 15) is 0 Å². The normalized spacial score (nSPS) is 10.8. The van der Waals surface area contributed by atoms with Gasteiger partial charge in [0.2, 0.25) is 0 Å². The molecule has 3 rings (SSSR count). The standard InChI is InChI=1S/C15H12Cl2N4/c1-21-15(18)13(9-3-2-6-19-8-9)14(20-21)11-7-10(16)4-5-12(11)17/h2-8H,18H2,1H3. The first-order chi connectivity index (χ1) is 10.1. The zero-order chi connectivity index (χ0) is 15.0. The van der Waals surface area contributed by atoms with Crippen molar-refractivity contribution in [2.45, 2.75) is 0 Å². The number of aromatic nitrogens is 3. The van der Waals surface area contributed by atoms with Gasteiger partial charge in [-0.2, -0.15) is 5.10 Å². The second-order valence-electron chi connectivity index (χ2n) is 4.60. The van der Waals surface area contributed by atoms with Crippen LogP contribution < -0.4 is 5.73 Å². The van der Waals surface area contributed by atoms with Crippen molar-refractivity contribution < 1.29 is 0 Å². The van der Waals surface area contributed by atoms with Gasteiger partial charge in [-0.1, -0.05) is 29.3 Å². The predicted octanol–water partition coefficient (Wildman–Crippen LogP) is 4.04. The van der Waals surface area contributed by atoms with Crippen molar-refractivity contribution in [1.82, 2.24) is 14.8 Å². The van der Waals surface area contributed by atoms with Gasteiger partial charge in [-0.15, -0.1) is 0 Å². The van der Waals surface area contributed by atoms with Crippen molar-refractivity contribution in [3.8, 4) is 22.4 Å². The topological polar surface area (TPSA) is 56.7 Å². The Hall–Kier alpha value is -2.04. The molecule has 3 aromatic rings. The van der Waals surface area contributed by atoms with Crippen LogP contribution in [0.2, 0.25) is 10.0 Å². The first-order valence-electron chi connectivity index (χ1n) is 6.26. The number of rotatable bonds is 2. The highest BCUT2D eigenvalue weighted by Gasteiger charge is 2.19. The van der Waals surface area contributed by atoms with Crippen LogP contribution in [0, 0.1) is 0 Å². The van der Waals surface area contributed by atoms with Crippen molar-refractivity contribution in [2.75, 3.05) is 5.73 Å². The van der Waals surface area contributed by atoms with Gasteiger partial charge in [-0.25, -0.2) is 0 Å². The van der Waals surface area contributed by atoms with Crippen LogP contribution in [-0.2, 0) is 7.05 Å². The van der Waals surface area contributed by atoms with E-state index in [2.05, 4.69) is 10.1 Å². The molecule has 6 heteroatoms. The van der Waals surface area contributed by atoms with Crippen LogP contribution in [0.4, 0.5) is 5.82 Å². The number of nitrogens with two attached hydrogens (primary N) is 1. The predicted molar refractivity (Wildman–Crippen MR) is 86.3 cm³/mol. The van der Waals surface area contributed by atoms with Crippen molar-refractivity contribution in [3.63, 3.8) is 0 Å². The van der Waals surface area contributed by atoms with Crippen LogP contribution >= 0.6 is 23.2 Å². The summed E-state index contributed by atoms with van der Waals surface area (Å²) in [5.41, 5.74) is 9.28. The van der Waals surface area contributed by atoms with Gasteiger partial charge in [0.25, 0.3) is 0 Å². The van der Waals surface area contributed by atoms with E-state index in [1.165, 1.54) is 0 Å². The number of benzene rings is 1. The monoisotopic (exact) mass is 318 g/mol. The van der Waals surface area contributed by atoms with Crippen LogP contribution in [0.5, 0.6) is 0 Å². The number of nitrogen functional groups attached to an aromatic ring is 1. The van der Waals surface area contributed by atoms with E-state index in [0.29, 0.717) is 21.6 Å². The van der Waals surface area contributed by atoms with E-state index >= 15 is 0 Å². The Labute approximate surface area is 132 Å². The second kappa shape index (κ2) is 5.39. The lowest BCUT2D eigenvalue weighted by Gasteiger charge is -2.06. The molecule has 2 aromatic heterocycles. The number of anilines is 1. The van der Waals surface area contributed by atoms with Crippen molar-refractivity contribution in [2.24, 2.45) is 7.05 Å². The number of halogens is 2. The SMILES string of the molecule is Cn1nc(-c2cc(Cl)ccc2Cl)c(-c2cccnc2)c1N. The van der Waals surface area contributed by atoms with Crippen molar-refractivity contribution in [1.29, 1.82) is 0 Å². The second-order valence-corrected chi connectivity index (χ2v) is 5.44. The maximum atomic E-state index is 6.29. The van der Waals surface area contributed by atoms with Crippen LogP contribution in [0.1, 0.15) is 0 Å².